The van der Waals surface area contributed by atoms with Gasteiger partial charge in [-0.05, 0) is 49.1 Å². The lowest BCUT2D eigenvalue weighted by Crippen LogP contribution is -1.99. The van der Waals surface area contributed by atoms with Crippen molar-refractivity contribution in [2.75, 3.05) is 6.26 Å². The van der Waals surface area contributed by atoms with Gasteiger partial charge in [0, 0.05) is 16.9 Å². The molecule has 0 saturated heterocycles. The smallest absolute Gasteiger partial charge is 0.246 e. The second-order valence-corrected chi connectivity index (χ2v) is 5.61. The van der Waals surface area contributed by atoms with Gasteiger partial charge in [-0.25, -0.2) is 4.99 Å². The highest BCUT2D eigenvalue weighted by Crippen LogP contribution is 2.29. The number of nitrogens with zero attached hydrogens (tertiary/aromatic N) is 1. The van der Waals surface area contributed by atoms with Crippen LogP contribution in [-0.4, -0.2) is 17.9 Å². The third-order valence-corrected chi connectivity index (χ3v) is 4.06. The zero-order valence-corrected chi connectivity index (χ0v) is 12.5. The Morgan fingerprint density at radius 3 is 2.48 bits per heavy atom. The molecule has 0 radical (unpaired) electrons. The van der Waals surface area contributed by atoms with Gasteiger partial charge in [0.15, 0.2) is 0 Å². The van der Waals surface area contributed by atoms with Crippen LogP contribution >= 0.6 is 11.8 Å². The maximum Gasteiger partial charge on any atom is 0.246 e. The molecule has 4 heteroatoms. The number of rotatable bonds is 4. The number of hydrogen-bond donors (Lipinski definition) is 0. The number of hydrogen-bond acceptors (Lipinski definition) is 3. The van der Waals surface area contributed by atoms with Crippen LogP contribution in [0.4, 0.5) is 0 Å². The highest BCUT2D eigenvalue weighted by Gasteiger charge is 2.18. The molecule has 2 aromatic rings. The molecule has 0 N–H and O–H groups in total. The summed E-state index contributed by atoms with van der Waals surface area (Å²) in [6.45, 7) is 0. The van der Waals surface area contributed by atoms with Crippen LogP contribution < -0.4 is 4.74 Å². The van der Waals surface area contributed by atoms with Crippen molar-refractivity contribution in [3.8, 4) is 11.5 Å². The van der Waals surface area contributed by atoms with Crippen molar-refractivity contribution in [2.45, 2.75) is 17.7 Å². The zero-order chi connectivity index (χ0) is 14.7. The Bertz CT molecular complexity index is 692. The predicted octanol–water partition coefficient (Wildman–Crippen LogP) is 4.31. The highest BCUT2D eigenvalue weighted by molar-refractivity contribution is 7.98. The molecule has 0 fully saturated rings. The molecule has 3 rings (SSSR count). The molecular formula is C17H15NO2S. The molecule has 0 unspecified atom stereocenters. The number of aliphatic imine (C=N–C) groups is 1. The van der Waals surface area contributed by atoms with Crippen molar-refractivity contribution >= 4 is 23.4 Å². The Hall–Kier alpha value is -2.07. The lowest BCUT2D eigenvalue weighted by molar-refractivity contribution is -0.117. The van der Waals surface area contributed by atoms with E-state index in [1.54, 1.807) is 11.8 Å². The van der Waals surface area contributed by atoms with Gasteiger partial charge >= 0.3 is 0 Å². The van der Waals surface area contributed by atoms with Gasteiger partial charge in [-0.2, -0.15) is 0 Å². The van der Waals surface area contributed by atoms with E-state index >= 15 is 0 Å². The second kappa shape index (κ2) is 6.14. The molecule has 2 aromatic carbocycles. The summed E-state index contributed by atoms with van der Waals surface area (Å²) in [7, 11) is 0. The number of amides is 1. The van der Waals surface area contributed by atoms with E-state index in [-0.39, 0.29) is 5.91 Å². The van der Waals surface area contributed by atoms with Crippen LogP contribution in [0, 0.1) is 0 Å². The zero-order valence-electron chi connectivity index (χ0n) is 11.7. The fourth-order valence-electron chi connectivity index (χ4n) is 2.25. The summed E-state index contributed by atoms with van der Waals surface area (Å²) in [5, 5.41) is 0. The molecule has 1 aliphatic heterocycles. The van der Waals surface area contributed by atoms with Crippen molar-refractivity contribution in [1.82, 2.24) is 0 Å². The van der Waals surface area contributed by atoms with Crippen LogP contribution in [0.5, 0.6) is 11.5 Å². The topological polar surface area (TPSA) is 38.7 Å². The van der Waals surface area contributed by atoms with Crippen molar-refractivity contribution in [1.29, 1.82) is 0 Å². The van der Waals surface area contributed by atoms with Crippen LogP contribution in [-0.2, 0) is 4.79 Å². The number of carbonyl (C=O) groups is 1. The number of benzene rings is 2. The lowest BCUT2D eigenvalue weighted by Gasteiger charge is -2.11. The average molecular weight is 297 g/mol. The largest absolute Gasteiger partial charge is 0.457 e. The molecule has 1 aliphatic rings. The van der Waals surface area contributed by atoms with E-state index in [0.29, 0.717) is 12.8 Å². The standard InChI is InChI=1S/C17H15NO2S/c1-21-13-8-6-12(7-9-13)20-16-5-3-2-4-14(16)15-10-11-17(19)18-15/h2-9H,10-11H2,1H3. The molecule has 0 spiro atoms. The van der Waals surface area contributed by atoms with E-state index in [1.165, 1.54) is 4.90 Å². The molecule has 1 heterocycles. The van der Waals surface area contributed by atoms with Crippen LogP contribution in [0.2, 0.25) is 0 Å². The van der Waals surface area contributed by atoms with E-state index in [0.717, 1.165) is 22.8 Å². The minimum Gasteiger partial charge on any atom is -0.457 e. The molecule has 1 amide bonds. The maximum atomic E-state index is 11.3. The first-order valence-corrected chi connectivity index (χ1v) is 8.00. The van der Waals surface area contributed by atoms with Crippen LogP contribution in [0.15, 0.2) is 58.4 Å². The third-order valence-electron chi connectivity index (χ3n) is 3.32. The summed E-state index contributed by atoms with van der Waals surface area (Å²) in [5.74, 6) is 1.47. The molecule has 106 valence electrons. The predicted molar refractivity (Wildman–Crippen MR) is 85.5 cm³/mol. The van der Waals surface area contributed by atoms with E-state index in [9.17, 15) is 4.79 Å². The average Bonchev–Trinajstić information content (AvgIpc) is 2.95. The van der Waals surface area contributed by atoms with Gasteiger partial charge < -0.3 is 4.74 Å². The molecule has 0 bridgehead atoms. The summed E-state index contributed by atoms with van der Waals surface area (Å²) in [6, 6.07) is 15.7. The second-order valence-electron chi connectivity index (χ2n) is 4.73. The Labute approximate surface area is 128 Å². The fraction of sp³-hybridized carbons (Fsp3) is 0.176. The summed E-state index contributed by atoms with van der Waals surface area (Å²) < 4.78 is 5.96. The molecule has 0 aliphatic carbocycles. The number of ether oxygens (including phenoxy) is 1. The van der Waals surface area contributed by atoms with Gasteiger partial charge in [0.05, 0.1) is 5.71 Å². The summed E-state index contributed by atoms with van der Waals surface area (Å²) in [5.41, 5.74) is 1.72. The molecule has 0 aromatic heterocycles. The molecule has 0 saturated carbocycles. The van der Waals surface area contributed by atoms with Crippen molar-refractivity contribution in [2.24, 2.45) is 4.99 Å². The molecule has 3 nitrogen and oxygen atoms in total. The van der Waals surface area contributed by atoms with Gasteiger partial charge in [0.1, 0.15) is 11.5 Å². The number of para-hydroxylation sites is 1. The number of carbonyl (C=O) groups excluding carboxylic acids is 1. The van der Waals surface area contributed by atoms with Crippen LogP contribution in [0.1, 0.15) is 18.4 Å². The molecular weight excluding hydrogens is 282 g/mol. The summed E-state index contributed by atoms with van der Waals surface area (Å²) in [4.78, 5) is 16.6. The first-order valence-electron chi connectivity index (χ1n) is 6.78. The minimum absolute atomic E-state index is 0.0517. The van der Waals surface area contributed by atoms with Crippen molar-refractivity contribution in [3.05, 3.63) is 54.1 Å². The first-order chi connectivity index (χ1) is 10.3. The SMILES string of the molecule is CSc1ccc(Oc2ccccc2C2=NC(=O)CC2)cc1. The van der Waals surface area contributed by atoms with E-state index in [2.05, 4.69) is 4.99 Å². The lowest BCUT2D eigenvalue weighted by atomic mass is 10.1. The van der Waals surface area contributed by atoms with Crippen molar-refractivity contribution < 1.29 is 9.53 Å². The fourth-order valence-corrected chi connectivity index (χ4v) is 2.66. The van der Waals surface area contributed by atoms with Gasteiger partial charge in [-0.3, -0.25) is 4.79 Å². The highest BCUT2D eigenvalue weighted by atomic mass is 32.2. The van der Waals surface area contributed by atoms with Gasteiger partial charge in [-0.15, -0.1) is 11.8 Å². The van der Waals surface area contributed by atoms with E-state index in [1.807, 2.05) is 54.8 Å². The van der Waals surface area contributed by atoms with Crippen molar-refractivity contribution in [3.63, 3.8) is 0 Å². The summed E-state index contributed by atoms with van der Waals surface area (Å²) >= 11 is 1.70. The quantitative estimate of drug-likeness (QED) is 0.789. The van der Waals surface area contributed by atoms with E-state index < -0.39 is 0 Å². The van der Waals surface area contributed by atoms with Gasteiger partial charge in [-0.1, -0.05) is 12.1 Å². The van der Waals surface area contributed by atoms with Crippen LogP contribution in [0.25, 0.3) is 0 Å². The summed E-state index contributed by atoms with van der Waals surface area (Å²) in [6.07, 6.45) is 3.22. The normalized spacial score (nSPS) is 14.1. The molecule has 0 atom stereocenters. The Balaban J connectivity index is 1.88. The monoisotopic (exact) mass is 297 g/mol. The number of thioether (sulfide) groups is 1. The van der Waals surface area contributed by atoms with Gasteiger partial charge in [0.2, 0.25) is 5.91 Å². The Morgan fingerprint density at radius 2 is 1.81 bits per heavy atom. The van der Waals surface area contributed by atoms with E-state index in [4.69, 9.17) is 4.74 Å². The Morgan fingerprint density at radius 1 is 1.05 bits per heavy atom. The first kappa shape index (κ1) is 13.9. The third kappa shape index (κ3) is 3.16. The molecule has 21 heavy (non-hydrogen) atoms. The Kier molecular flexibility index (Phi) is 4.06. The van der Waals surface area contributed by atoms with Gasteiger partial charge in [0.25, 0.3) is 0 Å². The van der Waals surface area contributed by atoms with Crippen LogP contribution in [0.3, 0.4) is 0 Å². The minimum atomic E-state index is -0.0517. The maximum absolute atomic E-state index is 11.3.